The summed E-state index contributed by atoms with van der Waals surface area (Å²) in [7, 11) is 0. The van der Waals surface area contributed by atoms with E-state index >= 15 is 0 Å². The van der Waals surface area contributed by atoms with Gasteiger partial charge in [0.25, 0.3) is 0 Å². The largest absolute Gasteiger partial charge is 0.463 e. The van der Waals surface area contributed by atoms with Crippen LogP contribution in [0.15, 0.2) is 12.7 Å². The second kappa shape index (κ2) is 9.16. The van der Waals surface area contributed by atoms with E-state index in [0.717, 1.165) is 18.5 Å². The van der Waals surface area contributed by atoms with Crippen LogP contribution in [0.3, 0.4) is 0 Å². The van der Waals surface area contributed by atoms with Crippen molar-refractivity contribution in [1.29, 1.82) is 0 Å². The van der Waals surface area contributed by atoms with Gasteiger partial charge in [0, 0.05) is 20.8 Å². The fourth-order valence-corrected chi connectivity index (χ4v) is 3.42. The summed E-state index contributed by atoms with van der Waals surface area (Å²) in [5.41, 5.74) is 1.89. The van der Waals surface area contributed by atoms with Crippen molar-refractivity contribution in [2.24, 2.45) is 0 Å². The molecule has 11 nitrogen and oxygen atoms in total. The van der Waals surface area contributed by atoms with Gasteiger partial charge in [0.15, 0.2) is 24.1 Å². The van der Waals surface area contributed by atoms with E-state index in [1.165, 1.54) is 33.4 Å². The maximum absolute atomic E-state index is 11.8. The lowest BCUT2D eigenvalue weighted by molar-refractivity contribution is -0.166. The topological polar surface area (TPSA) is 132 Å². The first-order chi connectivity index (χ1) is 14.3. The SMILES string of the molecule is CCCc1ncnc2c1ncn2C1OC(COC(C)=O)C(OC(C)=O)C1OC(C)=O. The van der Waals surface area contributed by atoms with Gasteiger partial charge in [-0.1, -0.05) is 13.3 Å². The zero-order valence-corrected chi connectivity index (χ0v) is 17.2. The van der Waals surface area contributed by atoms with Crippen LogP contribution < -0.4 is 0 Å². The molecule has 0 spiro atoms. The van der Waals surface area contributed by atoms with Crippen LogP contribution in [0, 0.1) is 0 Å². The minimum absolute atomic E-state index is 0.176. The van der Waals surface area contributed by atoms with E-state index in [0.29, 0.717) is 11.2 Å². The smallest absolute Gasteiger partial charge is 0.303 e. The van der Waals surface area contributed by atoms with Gasteiger partial charge in [-0.15, -0.1) is 0 Å². The highest BCUT2D eigenvalue weighted by molar-refractivity contribution is 5.73. The second-order valence-corrected chi connectivity index (χ2v) is 6.91. The Kier molecular flexibility index (Phi) is 6.60. The van der Waals surface area contributed by atoms with E-state index < -0.39 is 42.4 Å². The Balaban J connectivity index is 2.01. The Bertz CT molecular complexity index is 944. The molecule has 11 heteroatoms. The normalized spacial score (nSPS) is 23.3. The predicted octanol–water partition coefficient (Wildman–Crippen LogP) is 1.10. The third kappa shape index (κ3) is 4.56. The zero-order valence-electron chi connectivity index (χ0n) is 17.2. The summed E-state index contributed by atoms with van der Waals surface area (Å²) >= 11 is 0. The number of carbonyl (C=O) groups excluding carboxylic acids is 3. The van der Waals surface area contributed by atoms with Gasteiger partial charge < -0.3 is 18.9 Å². The van der Waals surface area contributed by atoms with Gasteiger partial charge in [0.05, 0.1) is 12.0 Å². The Hall–Kier alpha value is -3.08. The summed E-state index contributed by atoms with van der Waals surface area (Å²) in [5.74, 6) is -1.68. The van der Waals surface area contributed by atoms with Gasteiger partial charge in [0.1, 0.15) is 24.6 Å². The molecule has 0 aliphatic carbocycles. The highest BCUT2D eigenvalue weighted by Gasteiger charge is 2.51. The summed E-state index contributed by atoms with van der Waals surface area (Å²) in [4.78, 5) is 47.7. The number of carbonyl (C=O) groups is 3. The number of fused-ring (bicyclic) bond motifs is 1. The van der Waals surface area contributed by atoms with Gasteiger partial charge >= 0.3 is 17.9 Å². The minimum Gasteiger partial charge on any atom is -0.463 e. The number of hydrogen-bond acceptors (Lipinski definition) is 10. The first-order valence-corrected chi connectivity index (χ1v) is 9.61. The minimum atomic E-state index is -0.992. The van der Waals surface area contributed by atoms with Crippen LogP contribution in [0.2, 0.25) is 0 Å². The van der Waals surface area contributed by atoms with E-state index in [1.807, 2.05) is 6.92 Å². The molecule has 2 aromatic rings. The number of ether oxygens (including phenoxy) is 4. The van der Waals surface area contributed by atoms with E-state index in [1.54, 1.807) is 4.57 Å². The van der Waals surface area contributed by atoms with Crippen molar-refractivity contribution in [3.05, 3.63) is 18.3 Å². The van der Waals surface area contributed by atoms with Crippen LogP contribution in [0.25, 0.3) is 11.2 Å². The Morgan fingerprint density at radius 2 is 1.73 bits per heavy atom. The molecule has 0 aromatic carbocycles. The zero-order chi connectivity index (χ0) is 21.8. The standard InChI is InChI=1S/C19H24N4O7/c1-5-6-13-15-18(21-8-20-13)23(9-22-15)19-17(29-12(4)26)16(28-11(3)25)14(30-19)7-27-10(2)24/h8-9,14,16-17,19H,5-7H2,1-4H3. The van der Waals surface area contributed by atoms with Crippen molar-refractivity contribution in [3.63, 3.8) is 0 Å². The molecule has 0 bridgehead atoms. The molecule has 1 fully saturated rings. The molecule has 4 unspecified atom stereocenters. The maximum Gasteiger partial charge on any atom is 0.303 e. The van der Waals surface area contributed by atoms with E-state index in [9.17, 15) is 14.4 Å². The van der Waals surface area contributed by atoms with Crippen molar-refractivity contribution in [3.8, 4) is 0 Å². The van der Waals surface area contributed by atoms with Crippen LogP contribution in [0.1, 0.15) is 46.0 Å². The highest BCUT2D eigenvalue weighted by atomic mass is 16.7. The molecule has 0 saturated carbocycles. The van der Waals surface area contributed by atoms with Crippen molar-refractivity contribution in [1.82, 2.24) is 19.5 Å². The highest BCUT2D eigenvalue weighted by Crippen LogP contribution is 2.36. The molecule has 30 heavy (non-hydrogen) atoms. The summed E-state index contributed by atoms with van der Waals surface area (Å²) < 4.78 is 23.5. The van der Waals surface area contributed by atoms with Crippen molar-refractivity contribution in [2.75, 3.05) is 6.61 Å². The maximum atomic E-state index is 11.8. The van der Waals surface area contributed by atoms with Crippen LogP contribution in [0.5, 0.6) is 0 Å². The lowest BCUT2D eigenvalue weighted by Crippen LogP contribution is -2.40. The van der Waals surface area contributed by atoms with Gasteiger partial charge in [-0.3, -0.25) is 19.0 Å². The molecule has 1 saturated heterocycles. The van der Waals surface area contributed by atoms with Crippen molar-refractivity contribution >= 4 is 29.1 Å². The first kappa shape index (κ1) is 21.6. The second-order valence-electron chi connectivity index (χ2n) is 6.91. The molecule has 4 atom stereocenters. The summed E-state index contributed by atoms with van der Waals surface area (Å²) in [6, 6.07) is 0. The monoisotopic (exact) mass is 420 g/mol. The Morgan fingerprint density at radius 1 is 1.03 bits per heavy atom. The van der Waals surface area contributed by atoms with Crippen molar-refractivity contribution in [2.45, 2.75) is 65.1 Å². The van der Waals surface area contributed by atoms with Gasteiger partial charge in [-0.25, -0.2) is 15.0 Å². The number of imidazole rings is 1. The quantitative estimate of drug-likeness (QED) is 0.474. The molecule has 0 N–H and O–H groups in total. The van der Waals surface area contributed by atoms with E-state index in [-0.39, 0.29) is 6.61 Å². The van der Waals surface area contributed by atoms with Crippen LogP contribution in [0.4, 0.5) is 0 Å². The van der Waals surface area contributed by atoms with Gasteiger partial charge in [-0.05, 0) is 6.42 Å². The number of aromatic nitrogens is 4. The molecule has 1 aliphatic rings. The summed E-state index contributed by atoms with van der Waals surface area (Å²) in [6.07, 6.45) is 0.835. The van der Waals surface area contributed by atoms with Crippen LogP contribution in [-0.4, -0.2) is 62.3 Å². The summed E-state index contributed by atoms with van der Waals surface area (Å²) in [6.45, 7) is 5.59. The lowest BCUT2D eigenvalue weighted by atomic mass is 10.1. The molecule has 2 aromatic heterocycles. The number of hydrogen-bond donors (Lipinski definition) is 0. The fraction of sp³-hybridized carbons (Fsp3) is 0.579. The average molecular weight is 420 g/mol. The Morgan fingerprint density at radius 3 is 2.37 bits per heavy atom. The van der Waals surface area contributed by atoms with E-state index in [2.05, 4.69) is 15.0 Å². The predicted molar refractivity (Wildman–Crippen MR) is 101 cm³/mol. The lowest BCUT2D eigenvalue weighted by Gasteiger charge is -2.23. The van der Waals surface area contributed by atoms with Crippen molar-refractivity contribution < 1.29 is 33.3 Å². The third-order valence-corrected chi connectivity index (χ3v) is 4.54. The first-order valence-electron chi connectivity index (χ1n) is 9.61. The molecule has 0 amide bonds. The molecule has 3 heterocycles. The summed E-state index contributed by atoms with van der Waals surface area (Å²) in [5, 5.41) is 0. The molecule has 0 radical (unpaired) electrons. The Labute approximate surface area is 172 Å². The number of aryl methyl sites for hydroxylation is 1. The average Bonchev–Trinajstić information content (AvgIpc) is 3.22. The molecule has 3 rings (SSSR count). The van der Waals surface area contributed by atoms with Gasteiger partial charge in [-0.2, -0.15) is 0 Å². The fourth-order valence-electron chi connectivity index (χ4n) is 3.42. The molecule has 1 aliphatic heterocycles. The third-order valence-electron chi connectivity index (χ3n) is 4.54. The van der Waals surface area contributed by atoms with Crippen LogP contribution >= 0.6 is 0 Å². The van der Waals surface area contributed by atoms with Crippen LogP contribution in [-0.2, 0) is 39.8 Å². The molecular formula is C19H24N4O7. The van der Waals surface area contributed by atoms with E-state index in [4.69, 9.17) is 18.9 Å². The molecular weight excluding hydrogens is 396 g/mol. The van der Waals surface area contributed by atoms with Gasteiger partial charge in [0.2, 0.25) is 0 Å². The number of rotatable bonds is 7. The number of esters is 3. The molecule has 162 valence electrons. The number of nitrogens with zero attached hydrogens (tertiary/aromatic N) is 4.